The van der Waals surface area contributed by atoms with Crippen LogP contribution in [0.15, 0.2) is 43.0 Å². The number of aryl methyl sites for hydroxylation is 1. The SMILES string of the molecule is C=CCCc1ccccc1.CC(C)C. The zero-order valence-corrected chi connectivity index (χ0v) is 9.66. The predicted molar refractivity (Wildman–Crippen MR) is 65.5 cm³/mol. The molecule has 1 aromatic carbocycles. The number of rotatable bonds is 3. The van der Waals surface area contributed by atoms with Crippen molar-refractivity contribution in [3.8, 4) is 0 Å². The minimum Gasteiger partial charge on any atom is -0.103 e. The standard InChI is InChI=1S/C10H12.C4H10/c1-2-3-7-10-8-5-4-6-9-10;1-4(2)3/h2,4-6,8-9H,1,3,7H2;4H,1-3H3. The van der Waals surface area contributed by atoms with Gasteiger partial charge in [0.1, 0.15) is 0 Å². The lowest BCUT2D eigenvalue weighted by Crippen LogP contribution is -1.79. The summed E-state index contributed by atoms with van der Waals surface area (Å²) in [6.07, 6.45) is 4.14. The molecule has 0 spiro atoms. The van der Waals surface area contributed by atoms with Gasteiger partial charge in [-0.2, -0.15) is 0 Å². The van der Waals surface area contributed by atoms with Gasteiger partial charge in [-0.05, 0) is 24.3 Å². The molecule has 0 heterocycles. The van der Waals surface area contributed by atoms with Gasteiger partial charge in [0.2, 0.25) is 0 Å². The van der Waals surface area contributed by atoms with E-state index in [0.717, 1.165) is 18.8 Å². The van der Waals surface area contributed by atoms with Crippen LogP contribution in [0, 0.1) is 5.92 Å². The first-order valence-corrected chi connectivity index (χ1v) is 5.31. The van der Waals surface area contributed by atoms with Crippen LogP contribution in [0.5, 0.6) is 0 Å². The second-order valence-electron chi connectivity index (χ2n) is 4.04. The summed E-state index contributed by atoms with van der Waals surface area (Å²) in [7, 11) is 0. The molecule has 1 aromatic rings. The van der Waals surface area contributed by atoms with Crippen LogP contribution >= 0.6 is 0 Å². The van der Waals surface area contributed by atoms with E-state index in [-0.39, 0.29) is 0 Å². The molecule has 78 valence electrons. The van der Waals surface area contributed by atoms with E-state index in [1.807, 2.05) is 12.1 Å². The Bertz CT molecular complexity index is 218. The third-order valence-corrected chi connectivity index (χ3v) is 1.48. The van der Waals surface area contributed by atoms with Gasteiger partial charge in [-0.1, -0.05) is 57.2 Å². The Labute approximate surface area is 88.7 Å². The van der Waals surface area contributed by atoms with Crippen LogP contribution in [0.1, 0.15) is 32.8 Å². The first-order valence-electron chi connectivity index (χ1n) is 5.31. The van der Waals surface area contributed by atoms with Gasteiger partial charge in [-0.15, -0.1) is 6.58 Å². The maximum atomic E-state index is 3.68. The Kier molecular flexibility index (Phi) is 7.92. The van der Waals surface area contributed by atoms with Crippen molar-refractivity contribution < 1.29 is 0 Å². The lowest BCUT2D eigenvalue weighted by molar-refractivity contribution is 0.737. The minimum absolute atomic E-state index is 0.833. The molecule has 1 rings (SSSR count). The first kappa shape index (κ1) is 13.0. The third kappa shape index (κ3) is 9.05. The lowest BCUT2D eigenvalue weighted by atomic mass is 10.1. The Morgan fingerprint density at radius 1 is 1.14 bits per heavy atom. The van der Waals surface area contributed by atoms with Crippen LogP contribution in [0.3, 0.4) is 0 Å². The van der Waals surface area contributed by atoms with Crippen molar-refractivity contribution in [2.75, 3.05) is 0 Å². The van der Waals surface area contributed by atoms with Crippen LogP contribution in [-0.2, 0) is 6.42 Å². The van der Waals surface area contributed by atoms with E-state index >= 15 is 0 Å². The molecular formula is C14H22. The fourth-order valence-electron chi connectivity index (χ4n) is 0.913. The first-order chi connectivity index (χ1) is 6.66. The molecule has 0 unspecified atom stereocenters. The largest absolute Gasteiger partial charge is 0.103 e. The van der Waals surface area contributed by atoms with Gasteiger partial charge in [0.25, 0.3) is 0 Å². The number of allylic oxidation sites excluding steroid dienone is 1. The maximum absolute atomic E-state index is 3.68. The molecule has 0 saturated carbocycles. The molecule has 0 heteroatoms. The molecule has 0 radical (unpaired) electrons. The van der Waals surface area contributed by atoms with E-state index in [1.54, 1.807) is 0 Å². The summed E-state index contributed by atoms with van der Waals surface area (Å²) in [5, 5.41) is 0. The zero-order valence-electron chi connectivity index (χ0n) is 9.66. The van der Waals surface area contributed by atoms with E-state index in [9.17, 15) is 0 Å². The summed E-state index contributed by atoms with van der Waals surface area (Å²) < 4.78 is 0. The third-order valence-electron chi connectivity index (χ3n) is 1.48. The summed E-state index contributed by atoms with van der Waals surface area (Å²) in [4.78, 5) is 0. The summed E-state index contributed by atoms with van der Waals surface area (Å²) >= 11 is 0. The van der Waals surface area contributed by atoms with Crippen molar-refractivity contribution in [2.24, 2.45) is 5.92 Å². The van der Waals surface area contributed by atoms with Crippen LogP contribution in [0.25, 0.3) is 0 Å². The van der Waals surface area contributed by atoms with Crippen molar-refractivity contribution >= 4 is 0 Å². The summed E-state index contributed by atoms with van der Waals surface area (Å²) in [5.41, 5.74) is 1.39. The van der Waals surface area contributed by atoms with Gasteiger partial charge in [0.05, 0.1) is 0 Å². The van der Waals surface area contributed by atoms with Gasteiger partial charge in [-0.3, -0.25) is 0 Å². The average molecular weight is 190 g/mol. The van der Waals surface area contributed by atoms with Crippen LogP contribution in [-0.4, -0.2) is 0 Å². The Hall–Kier alpha value is -1.04. The van der Waals surface area contributed by atoms with Gasteiger partial charge in [0, 0.05) is 0 Å². The monoisotopic (exact) mass is 190 g/mol. The summed E-state index contributed by atoms with van der Waals surface area (Å²) in [5.74, 6) is 0.833. The smallest absolute Gasteiger partial charge is 0.0244 e. The maximum Gasteiger partial charge on any atom is -0.0244 e. The number of benzene rings is 1. The highest BCUT2D eigenvalue weighted by Gasteiger charge is 1.85. The molecule has 0 bridgehead atoms. The average Bonchev–Trinajstić information content (AvgIpc) is 2.15. The normalized spacial score (nSPS) is 9.14. The van der Waals surface area contributed by atoms with Crippen molar-refractivity contribution in [3.05, 3.63) is 48.6 Å². The second kappa shape index (κ2) is 8.55. The number of hydrogen-bond donors (Lipinski definition) is 0. The predicted octanol–water partition coefficient (Wildman–Crippen LogP) is 4.47. The molecule has 0 saturated heterocycles. The topological polar surface area (TPSA) is 0 Å². The van der Waals surface area contributed by atoms with Crippen LogP contribution in [0.4, 0.5) is 0 Å². The van der Waals surface area contributed by atoms with E-state index in [0.29, 0.717) is 0 Å². The molecule has 0 aromatic heterocycles. The fraction of sp³-hybridized carbons (Fsp3) is 0.429. The van der Waals surface area contributed by atoms with E-state index < -0.39 is 0 Å². The summed E-state index contributed by atoms with van der Waals surface area (Å²) in [6, 6.07) is 10.5. The van der Waals surface area contributed by atoms with E-state index in [1.165, 1.54) is 5.56 Å². The van der Waals surface area contributed by atoms with Crippen molar-refractivity contribution in [2.45, 2.75) is 33.6 Å². The molecule has 0 atom stereocenters. The molecule has 0 amide bonds. The molecule has 0 nitrogen and oxygen atoms in total. The van der Waals surface area contributed by atoms with Crippen molar-refractivity contribution in [1.82, 2.24) is 0 Å². The molecule has 0 aliphatic rings. The molecule has 0 aliphatic carbocycles. The molecule has 14 heavy (non-hydrogen) atoms. The van der Waals surface area contributed by atoms with E-state index in [2.05, 4.69) is 51.6 Å². The molecule has 0 fully saturated rings. The van der Waals surface area contributed by atoms with Crippen molar-refractivity contribution in [3.63, 3.8) is 0 Å². The quantitative estimate of drug-likeness (QED) is 0.617. The van der Waals surface area contributed by atoms with Gasteiger partial charge >= 0.3 is 0 Å². The minimum atomic E-state index is 0.833. The van der Waals surface area contributed by atoms with Crippen LogP contribution < -0.4 is 0 Å². The Balaban J connectivity index is 0.000000364. The second-order valence-corrected chi connectivity index (χ2v) is 4.04. The molecular weight excluding hydrogens is 168 g/mol. The van der Waals surface area contributed by atoms with Crippen molar-refractivity contribution in [1.29, 1.82) is 0 Å². The Morgan fingerprint density at radius 3 is 2.07 bits per heavy atom. The van der Waals surface area contributed by atoms with E-state index in [4.69, 9.17) is 0 Å². The summed E-state index contributed by atoms with van der Waals surface area (Å²) in [6.45, 7) is 10.2. The van der Waals surface area contributed by atoms with Gasteiger partial charge < -0.3 is 0 Å². The fourth-order valence-corrected chi connectivity index (χ4v) is 0.913. The van der Waals surface area contributed by atoms with Crippen LogP contribution in [0.2, 0.25) is 0 Å². The highest BCUT2D eigenvalue weighted by atomic mass is 13.9. The Morgan fingerprint density at radius 2 is 1.64 bits per heavy atom. The highest BCUT2D eigenvalue weighted by Crippen LogP contribution is 2.01. The van der Waals surface area contributed by atoms with Gasteiger partial charge in [-0.25, -0.2) is 0 Å². The zero-order chi connectivity index (χ0) is 10.8. The highest BCUT2D eigenvalue weighted by molar-refractivity contribution is 5.14. The molecule has 0 aliphatic heterocycles. The number of hydrogen-bond acceptors (Lipinski definition) is 0. The molecule has 0 N–H and O–H groups in total. The van der Waals surface area contributed by atoms with Gasteiger partial charge in [0.15, 0.2) is 0 Å². The lowest BCUT2D eigenvalue weighted by Gasteiger charge is -1.94.